The van der Waals surface area contributed by atoms with Crippen molar-refractivity contribution in [1.82, 2.24) is 5.32 Å². The zero-order valence-electron chi connectivity index (χ0n) is 12.5. The van der Waals surface area contributed by atoms with Gasteiger partial charge in [-0.1, -0.05) is 36.8 Å². The number of carbonyl (C=O) groups excluding carboxylic acids is 1. The molecule has 2 N–H and O–H groups in total. The minimum Gasteiger partial charge on any atom is -0.479 e. The molecular formula is C17H21NO4. The van der Waals surface area contributed by atoms with Gasteiger partial charge in [0.05, 0.1) is 0 Å². The van der Waals surface area contributed by atoms with E-state index in [0.29, 0.717) is 19.4 Å². The van der Waals surface area contributed by atoms with Crippen LogP contribution in [0.15, 0.2) is 30.3 Å². The molecule has 5 heteroatoms. The van der Waals surface area contributed by atoms with Crippen molar-refractivity contribution in [3.63, 3.8) is 0 Å². The van der Waals surface area contributed by atoms with Crippen LogP contribution in [0, 0.1) is 0 Å². The van der Waals surface area contributed by atoms with Crippen LogP contribution in [0.4, 0.5) is 0 Å². The number of aliphatic carboxylic acids is 1. The van der Waals surface area contributed by atoms with Crippen LogP contribution in [0.5, 0.6) is 0 Å². The van der Waals surface area contributed by atoms with E-state index in [2.05, 4.69) is 17.4 Å². The van der Waals surface area contributed by atoms with Crippen molar-refractivity contribution in [2.24, 2.45) is 0 Å². The summed E-state index contributed by atoms with van der Waals surface area (Å²) < 4.78 is 5.30. The summed E-state index contributed by atoms with van der Waals surface area (Å²) in [5.41, 5.74) is 1.29. The fourth-order valence-corrected chi connectivity index (χ4v) is 3.34. The molecule has 1 saturated heterocycles. The van der Waals surface area contributed by atoms with E-state index in [1.807, 2.05) is 18.2 Å². The number of carboxylic acids is 1. The molecule has 2 fully saturated rings. The molecule has 2 aliphatic rings. The lowest BCUT2D eigenvalue weighted by Crippen LogP contribution is -2.48. The van der Waals surface area contributed by atoms with Gasteiger partial charge >= 0.3 is 5.97 Å². The van der Waals surface area contributed by atoms with Crippen LogP contribution in [0.25, 0.3) is 0 Å². The van der Waals surface area contributed by atoms with Gasteiger partial charge in [-0.15, -0.1) is 0 Å². The van der Waals surface area contributed by atoms with Crippen LogP contribution in [-0.2, 0) is 19.7 Å². The van der Waals surface area contributed by atoms with Crippen LogP contribution in [0.2, 0.25) is 0 Å². The van der Waals surface area contributed by atoms with Gasteiger partial charge in [-0.05, 0) is 31.2 Å². The largest absolute Gasteiger partial charge is 0.479 e. The van der Waals surface area contributed by atoms with Gasteiger partial charge in [0.15, 0.2) is 6.10 Å². The maximum absolute atomic E-state index is 12.2. The second-order valence-electron chi connectivity index (χ2n) is 6.25. The second-order valence-corrected chi connectivity index (χ2v) is 6.25. The summed E-state index contributed by atoms with van der Waals surface area (Å²) in [5, 5.41) is 11.9. The smallest absolute Gasteiger partial charge is 0.332 e. The van der Waals surface area contributed by atoms with E-state index in [9.17, 15) is 9.59 Å². The van der Waals surface area contributed by atoms with E-state index >= 15 is 0 Å². The predicted molar refractivity (Wildman–Crippen MR) is 80.5 cm³/mol. The quantitative estimate of drug-likeness (QED) is 0.870. The number of benzene rings is 1. The van der Waals surface area contributed by atoms with E-state index in [4.69, 9.17) is 9.84 Å². The molecule has 3 rings (SSSR count). The first-order valence-electron chi connectivity index (χ1n) is 7.82. The van der Waals surface area contributed by atoms with Gasteiger partial charge in [0, 0.05) is 12.0 Å². The topological polar surface area (TPSA) is 75.6 Å². The van der Waals surface area contributed by atoms with Crippen LogP contribution in [0.3, 0.4) is 0 Å². The first-order chi connectivity index (χ1) is 10.6. The maximum Gasteiger partial charge on any atom is 0.332 e. The number of nitrogens with one attached hydrogen (secondary N) is 1. The van der Waals surface area contributed by atoms with Gasteiger partial charge in [-0.25, -0.2) is 4.79 Å². The number of carboxylic acid groups (broad SMARTS) is 1. The first-order valence-corrected chi connectivity index (χ1v) is 7.82. The molecule has 1 saturated carbocycles. The molecule has 0 spiro atoms. The molecule has 1 amide bonds. The molecule has 0 aromatic heterocycles. The highest BCUT2D eigenvalue weighted by Gasteiger charge is 2.40. The molecule has 1 aromatic carbocycles. The molecule has 22 heavy (non-hydrogen) atoms. The number of hydrogen-bond donors (Lipinski definition) is 2. The third kappa shape index (κ3) is 2.86. The highest BCUT2D eigenvalue weighted by molar-refractivity contribution is 5.82. The summed E-state index contributed by atoms with van der Waals surface area (Å²) in [6.07, 6.45) is 2.71. The number of ether oxygens (including phenoxy) is 1. The standard InChI is InChI=1S/C17H21NO4/c19-15(13-7-8-14(22-13)16(20)21)18-11-17(9-4-10-17)12-5-2-1-3-6-12/h1-3,5-6,13-14H,4,7-11H2,(H,18,19)(H,20,21)/t13-,14+/m0/s1. The van der Waals surface area contributed by atoms with E-state index in [-0.39, 0.29) is 11.3 Å². The van der Waals surface area contributed by atoms with Crippen LogP contribution in [-0.4, -0.2) is 35.7 Å². The fraction of sp³-hybridized carbons (Fsp3) is 0.529. The summed E-state index contributed by atoms with van der Waals surface area (Å²) in [5.74, 6) is -1.18. The lowest BCUT2D eigenvalue weighted by molar-refractivity contribution is -0.151. The van der Waals surface area contributed by atoms with Gasteiger partial charge in [-0.2, -0.15) is 0 Å². The van der Waals surface area contributed by atoms with Gasteiger partial charge in [0.1, 0.15) is 6.10 Å². The normalized spacial score (nSPS) is 26.2. The molecule has 0 unspecified atom stereocenters. The predicted octanol–water partition coefficient (Wildman–Crippen LogP) is 1.86. The summed E-state index contributed by atoms with van der Waals surface area (Å²) in [6.45, 7) is 0.591. The van der Waals surface area contributed by atoms with Gasteiger partial charge in [0.2, 0.25) is 5.91 Å². The van der Waals surface area contributed by atoms with E-state index < -0.39 is 18.2 Å². The number of rotatable bonds is 5. The Kier molecular flexibility index (Phi) is 4.16. The van der Waals surface area contributed by atoms with Crippen molar-refractivity contribution < 1.29 is 19.4 Å². The lowest BCUT2D eigenvalue weighted by atomic mass is 9.64. The first kappa shape index (κ1) is 15.0. The highest BCUT2D eigenvalue weighted by atomic mass is 16.5. The SMILES string of the molecule is O=C(NCC1(c2ccccc2)CCC1)[C@@H]1CC[C@H](C(=O)O)O1. The molecule has 118 valence electrons. The summed E-state index contributed by atoms with van der Waals surface area (Å²) >= 11 is 0. The molecule has 1 heterocycles. The Morgan fingerprint density at radius 2 is 1.86 bits per heavy atom. The molecule has 1 aliphatic carbocycles. The third-order valence-corrected chi connectivity index (χ3v) is 4.89. The van der Waals surface area contributed by atoms with Crippen molar-refractivity contribution in [2.75, 3.05) is 6.54 Å². The Bertz CT molecular complexity index is 553. The minimum absolute atomic E-state index is 0.0295. The van der Waals surface area contributed by atoms with Crippen LogP contribution < -0.4 is 5.32 Å². The second kappa shape index (κ2) is 6.08. The van der Waals surface area contributed by atoms with Crippen molar-refractivity contribution in [3.8, 4) is 0 Å². The van der Waals surface area contributed by atoms with E-state index in [1.54, 1.807) is 0 Å². The van der Waals surface area contributed by atoms with E-state index in [1.165, 1.54) is 12.0 Å². The van der Waals surface area contributed by atoms with Crippen molar-refractivity contribution >= 4 is 11.9 Å². The van der Waals surface area contributed by atoms with Gasteiger partial charge in [0.25, 0.3) is 0 Å². The monoisotopic (exact) mass is 303 g/mol. The molecule has 1 aliphatic heterocycles. The third-order valence-electron chi connectivity index (χ3n) is 4.89. The van der Waals surface area contributed by atoms with E-state index in [0.717, 1.165) is 12.8 Å². The summed E-state index contributed by atoms with van der Waals surface area (Å²) in [7, 11) is 0. The number of hydrogen-bond acceptors (Lipinski definition) is 3. The summed E-state index contributed by atoms with van der Waals surface area (Å²) in [6, 6.07) is 10.3. The zero-order chi connectivity index (χ0) is 15.6. The lowest BCUT2D eigenvalue weighted by Gasteiger charge is -2.42. The van der Waals surface area contributed by atoms with Crippen LogP contribution >= 0.6 is 0 Å². The molecule has 0 radical (unpaired) electrons. The summed E-state index contributed by atoms with van der Waals surface area (Å²) in [4.78, 5) is 23.1. The van der Waals surface area contributed by atoms with Crippen molar-refractivity contribution in [3.05, 3.63) is 35.9 Å². The average molecular weight is 303 g/mol. The van der Waals surface area contributed by atoms with Gasteiger partial charge < -0.3 is 15.2 Å². The highest BCUT2D eigenvalue weighted by Crippen LogP contribution is 2.43. The number of amides is 1. The van der Waals surface area contributed by atoms with Crippen molar-refractivity contribution in [1.29, 1.82) is 0 Å². The Hall–Kier alpha value is -1.88. The zero-order valence-corrected chi connectivity index (χ0v) is 12.5. The Labute approximate surface area is 129 Å². The molecular weight excluding hydrogens is 282 g/mol. The Balaban J connectivity index is 1.58. The average Bonchev–Trinajstić information content (AvgIpc) is 2.97. The van der Waals surface area contributed by atoms with Crippen LogP contribution in [0.1, 0.15) is 37.7 Å². The molecule has 5 nitrogen and oxygen atoms in total. The Morgan fingerprint density at radius 3 is 2.41 bits per heavy atom. The molecule has 0 bridgehead atoms. The number of carbonyl (C=O) groups is 2. The fourth-order valence-electron chi connectivity index (χ4n) is 3.34. The van der Waals surface area contributed by atoms with Crippen molar-refractivity contribution in [2.45, 2.75) is 49.7 Å². The maximum atomic E-state index is 12.2. The molecule has 1 aromatic rings. The van der Waals surface area contributed by atoms with Gasteiger partial charge in [-0.3, -0.25) is 4.79 Å². The minimum atomic E-state index is -0.991. The Morgan fingerprint density at radius 1 is 1.18 bits per heavy atom. The molecule has 2 atom stereocenters.